The highest BCUT2D eigenvalue weighted by atomic mass is 19.4. The highest BCUT2D eigenvalue weighted by molar-refractivity contribution is 5.87. The number of fused-ring (bicyclic) bond motifs is 1. The fourth-order valence-corrected chi connectivity index (χ4v) is 2.54. The van der Waals surface area contributed by atoms with E-state index in [9.17, 15) is 22.0 Å². The summed E-state index contributed by atoms with van der Waals surface area (Å²) in [7, 11) is 0. The second kappa shape index (κ2) is 6.21. The third-order valence-corrected chi connectivity index (χ3v) is 3.70. The second-order valence-corrected chi connectivity index (χ2v) is 5.63. The molecule has 0 saturated carbocycles. The molecule has 0 unspecified atom stereocenters. The van der Waals surface area contributed by atoms with Gasteiger partial charge in [-0.3, -0.25) is 0 Å². The van der Waals surface area contributed by atoms with E-state index in [1.807, 2.05) is 31.2 Å². The number of aryl methyl sites for hydroxylation is 1. The first-order valence-electron chi connectivity index (χ1n) is 7.33. The zero-order chi connectivity index (χ0) is 18.2. The molecule has 0 amide bonds. The summed E-state index contributed by atoms with van der Waals surface area (Å²) in [6, 6.07) is 13.1. The lowest BCUT2D eigenvalue weighted by Crippen LogP contribution is -2.02. The third-order valence-electron chi connectivity index (χ3n) is 3.70. The molecular weight excluding hydrogens is 335 g/mol. The quantitative estimate of drug-likeness (QED) is 0.374. The summed E-state index contributed by atoms with van der Waals surface area (Å²) in [5.41, 5.74) is 0.988. The van der Waals surface area contributed by atoms with E-state index in [2.05, 4.69) is 0 Å². The predicted molar refractivity (Wildman–Crippen MR) is 87.0 cm³/mol. The molecule has 0 aliphatic carbocycles. The predicted octanol–water partition coefficient (Wildman–Crippen LogP) is 6.01. The first-order chi connectivity index (χ1) is 11.7. The van der Waals surface area contributed by atoms with Crippen molar-refractivity contribution in [3.8, 4) is 23.0 Å². The minimum absolute atomic E-state index is 0.232. The van der Waals surface area contributed by atoms with E-state index in [0.717, 1.165) is 34.4 Å². The van der Waals surface area contributed by atoms with Gasteiger partial charge in [0.2, 0.25) is 0 Å². The summed E-state index contributed by atoms with van der Waals surface area (Å²) in [5, 5.41) is 1.88. The number of alkyl halides is 3. The molecule has 0 atom stereocenters. The SMILES string of the molecule is Cc1ccc2cc(-c3cc(F)c(C#CC(F)(F)F)c(F)c3)ccc2c1. The van der Waals surface area contributed by atoms with Crippen LogP contribution in [-0.4, -0.2) is 6.18 Å². The van der Waals surface area contributed by atoms with Crippen molar-refractivity contribution < 1.29 is 22.0 Å². The molecule has 3 rings (SSSR count). The lowest BCUT2D eigenvalue weighted by molar-refractivity contribution is -0.0696. The fourth-order valence-electron chi connectivity index (χ4n) is 2.54. The molecule has 0 aromatic heterocycles. The number of hydrogen-bond donors (Lipinski definition) is 0. The molecule has 5 heteroatoms. The maximum atomic E-state index is 14.0. The van der Waals surface area contributed by atoms with Gasteiger partial charge < -0.3 is 0 Å². The van der Waals surface area contributed by atoms with Gasteiger partial charge in [0, 0.05) is 5.92 Å². The van der Waals surface area contributed by atoms with Gasteiger partial charge in [0.1, 0.15) is 11.6 Å². The maximum absolute atomic E-state index is 14.0. The standard InChI is InChI=1S/C20H11F5/c1-12-2-3-14-9-15(5-4-13(14)8-12)16-10-18(21)17(19(22)11-16)6-7-20(23,24)25/h2-5,8-11H,1H3. The Balaban J connectivity index is 2.06. The van der Waals surface area contributed by atoms with Crippen molar-refractivity contribution >= 4 is 10.8 Å². The topological polar surface area (TPSA) is 0 Å². The van der Waals surface area contributed by atoms with E-state index in [4.69, 9.17) is 0 Å². The van der Waals surface area contributed by atoms with Gasteiger partial charge in [-0.2, -0.15) is 13.2 Å². The van der Waals surface area contributed by atoms with Gasteiger partial charge >= 0.3 is 6.18 Å². The van der Waals surface area contributed by atoms with Crippen LogP contribution in [-0.2, 0) is 0 Å². The molecule has 3 aromatic rings. The van der Waals surface area contributed by atoms with E-state index < -0.39 is 23.4 Å². The molecule has 3 aromatic carbocycles. The Kier molecular flexibility index (Phi) is 4.22. The van der Waals surface area contributed by atoms with Crippen molar-refractivity contribution in [2.24, 2.45) is 0 Å². The molecule has 0 nitrogen and oxygen atoms in total. The van der Waals surface area contributed by atoms with Crippen molar-refractivity contribution in [1.82, 2.24) is 0 Å². The molecule has 0 fully saturated rings. The van der Waals surface area contributed by atoms with Gasteiger partial charge in [-0.1, -0.05) is 41.8 Å². The number of rotatable bonds is 1. The first-order valence-corrected chi connectivity index (χ1v) is 7.33. The van der Waals surface area contributed by atoms with Crippen molar-refractivity contribution in [2.45, 2.75) is 13.1 Å². The Bertz CT molecular complexity index is 997. The van der Waals surface area contributed by atoms with Gasteiger partial charge in [-0.25, -0.2) is 8.78 Å². The first kappa shape index (κ1) is 17.0. The van der Waals surface area contributed by atoms with Gasteiger partial charge in [0.05, 0.1) is 5.56 Å². The van der Waals surface area contributed by atoms with Crippen LogP contribution in [0.25, 0.3) is 21.9 Å². The zero-order valence-electron chi connectivity index (χ0n) is 13.0. The molecule has 0 N–H and O–H groups in total. The second-order valence-electron chi connectivity index (χ2n) is 5.63. The summed E-state index contributed by atoms with van der Waals surface area (Å²) in [6.07, 6.45) is -4.81. The maximum Gasteiger partial charge on any atom is 0.458 e. The number of halogens is 5. The van der Waals surface area contributed by atoms with Crippen LogP contribution < -0.4 is 0 Å². The van der Waals surface area contributed by atoms with Crippen molar-refractivity contribution in [3.05, 3.63) is 71.3 Å². The fraction of sp³-hybridized carbons (Fsp3) is 0.100. The summed E-state index contributed by atoms with van der Waals surface area (Å²) in [5.74, 6) is 0.131. The van der Waals surface area contributed by atoms with Crippen LogP contribution in [0.5, 0.6) is 0 Å². The molecule has 25 heavy (non-hydrogen) atoms. The summed E-state index contributed by atoms with van der Waals surface area (Å²) < 4.78 is 64.4. The van der Waals surface area contributed by atoms with Crippen LogP contribution >= 0.6 is 0 Å². The average Bonchev–Trinajstić information content (AvgIpc) is 2.52. The molecule has 126 valence electrons. The van der Waals surface area contributed by atoms with Crippen LogP contribution in [0.3, 0.4) is 0 Å². The summed E-state index contributed by atoms with van der Waals surface area (Å²) >= 11 is 0. The monoisotopic (exact) mass is 346 g/mol. The minimum Gasteiger partial charge on any atom is -0.205 e. The van der Waals surface area contributed by atoms with Crippen LogP contribution in [0.4, 0.5) is 22.0 Å². The van der Waals surface area contributed by atoms with Crippen molar-refractivity contribution in [3.63, 3.8) is 0 Å². The van der Waals surface area contributed by atoms with E-state index in [1.54, 1.807) is 12.1 Å². The molecule has 0 saturated heterocycles. The van der Waals surface area contributed by atoms with Crippen molar-refractivity contribution in [2.75, 3.05) is 0 Å². The van der Waals surface area contributed by atoms with E-state index in [0.29, 0.717) is 5.56 Å². The molecular formula is C20H11F5. The Morgan fingerprint density at radius 2 is 1.36 bits per heavy atom. The van der Waals surface area contributed by atoms with Crippen LogP contribution in [0, 0.1) is 30.4 Å². The molecule has 0 aliphatic heterocycles. The van der Waals surface area contributed by atoms with Gasteiger partial charge in [-0.15, -0.1) is 0 Å². The molecule has 0 radical (unpaired) electrons. The summed E-state index contributed by atoms with van der Waals surface area (Å²) in [6.45, 7) is 1.96. The van der Waals surface area contributed by atoms with Crippen molar-refractivity contribution in [1.29, 1.82) is 0 Å². The zero-order valence-corrected chi connectivity index (χ0v) is 13.0. The Morgan fingerprint density at radius 3 is 2.00 bits per heavy atom. The summed E-state index contributed by atoms with van der Waals surface area (Å²) in [4.78, 5) is 0. The van der Waals surface area contributed by atoms with E-state index in [-0.39, 0.29) is 5.56 Å². The smallest absolute Gasteiger partial charge is 0.205 e. The van der Waals surface area contributed by atoms with E-state index >= 15 is 0 Å². The number of hydrogen-bond acceptors (Lipinski definition) is 0. The third kappa shape index (κ3) is 3.80. The normalized spacial score (nSPS) is 11.3. The van der Waals surface area contributed by atoms with E-state index in [1.165, 1.54) is 5.92 Å². The molecule has 0 aliphatic rings. The lowest BCUT2D eigenvalue weighted by Gasteiger charge is -2.07. The Labute approximate surface area is 140 Å². The molecule has 0 bridgehead atoms. The molecule has 0 spiro atoms. The largest absolute Gasteiger partial charge is 0.458 e. The van der Waals surface area contributed by atoms with Crippen LogP contribution in [0.1, 0.15) is 11.1 Å². The van der Waals surface area contributed by atoms with Gasteiger partial charge in [-0.05, 0) is 47.0 Å². The average molecular weight is 346 g/mol. The Morgan fingerprint density at radius 1 is 0.760 bits per heavy atom. The van der Waals surface area contributed by atoms with Crippen LogP contribution in [0.2, 0.25) is 0 Å². The lowest BCUT2D eigenvalue weighted by atomic mass is 9.99. The van der Waals surface area contributed by atoms with Gasteiger partial charge in [0.25, 0.3) is 0 Å². The highest BCUT2D eigenvalue weighted by Gasteiger charge is 2.23. The highest BCUT2D eigenvalue weighted by Crippen LogP contribution is 2.28. The van der Waals surface area contributed by atoms with Crippen LogP contribution in [0.15, 0.2) is 48.5 Å². The minimum atomic E-state index is -4.81. The Hall–Kier alpha value is -2.87. The molecule has 0 heterocycles. The number of benzene rings is 3. The van der Waals surface area contributed by atoms with Gasteiger partial charge in [0.15, 0.2) is 0 Å².